The Balaban J connectivity index is 2.72. The summed E-state index contributed by atoms with van der Waals surface area (Å²) in [5.74, 6) is 0.356. The minimum absolute atomic E-state index is 0.0856. The van der Waals surface area contributed by atoms with Crippen LogP contribution in [0.2, 0.25) is 0 Å². The highest BCUT2D eigenvalue weighted by atomic mass is 16.5. The SMILES string of the molecule is COCCc1c(CO)nnn1CC(C)COC. The third-order valence-corrected chi connectivity index (χ3v) is 2.55. The number of aromatic nitrogens is 3. The Hall–Kier alpha value is -0.980. The first-order chi connectivity index (χ1) is 8.22. The zero-order valence-corrected chi connectivity index (χ0v) is 10.7. The van der Waals surface area contributed by atoms with Crippen LogP contribution in [0, 0.1) is 5.92 Å². The Labute approximate surface area is 102 Å². The summed E-state index contributed by atoms with van der Waals surface area (Å²) < 4.78 is 12.0. The zero-order valence-electron chi connectivity index (χ0n) is 10.7. The maximum absolute atomic E-state index is 9.19. The van der Waals surface area contributed by atoms with Gasteiger partial charge in [0.1, 0.15) is 5.69 Å². The van der Waals surface area contributed by atoms with Crippen LogP contribution in [0.1, 0.15) is 18.3 Å². The highest BCUT2D eigenvalue weighted by Gasteiger charge is 2.14. The van der Waals surface area contributed by atoms with E-state index in [0.29, 0.717) is 31.2 Å². The summed E-state index contributed by atoms with van der Waals surface area (Å²) in [6.07, 6.45) is 0.707. The molecular weight excluding hydrogens is 222 g/mol. The largest absolute Gasteiger partial charge is 0.390 e. The van der Waals surface area contributed by atoms with Gasteiger partial charge in [-0.2, -0.15) is 0 Å². The first kappa shape index (κ1) is 14.1. The second kappa shape index (κ2) is 7.37. The molecule has 0 aliphatic heterocycles. The smallest absolute Gasteiger partial charge is 0.111 e. The summed E-state index contributed by atoms with van der Waals surface area (Å²) in [6.45, 7) is 4.01. The minimum atomic E-state index is -0.0856. The van der Waals surface area contributed by atoms with Crippen molar-refractivity contribution < 1.29 is 14.6 Å². The van der Waals surface area contributed by atoms with Crippen LogP contribution >= 0.6 is 0 Å². The Bertz CT molecular complexity index is 328. The monoisotopic (exact) mass is 243 g/mol. The Morgan fingerprint density at radius 3 is 2.71 bits per heavy atom. The number of methoxy groups -OCH3 is 2. The summed E-state index contributed by atoms with van der Waals surface area (Å²) >= 11 is 0. The summed E-state index contributed by atoms with van der Waals surface area (Å²) in [5.41, 5.74) is 1.57. The topological polar surface area (TPSA) is 69.4 Å². The molecule has 98 valence electrons. The number of ether oxygens (including phenoxy) is 2. The average molecular weight is 243 g/mol. The molecule has 6 nitrogen and oxygen atoms in total. The van der Waals surface area contributed by atoms with E-state index in [4.69, 9.17) is 9.47 Å². The van der Waals surface area contributed by atoms with Gasteiger partial charge in [0.05, 0.1) is 25.5 Å². The lowest BCUT2D eigenvalue weighted by Crippen LogP contribution is -2.17. The fraction of sp³-hybridized carbons (Fsp3) is 0.818. The van der Waals surface area contributed by atoms with Crippen LogP contribution in [-0.2, 0) is 29.0 Å². The molecule has 0 aliphatic carbocycles. The van der Waals surface area contributed by atoms with Gasteiger partial charge >= 0.3 is 0 Å². The summed E-state index contributed by atoms with van der Waals surface area (Å²) in [7, 11) is 3.34. The molecule has 17 heavy (non-hydrogen) atoms. The van der Waals surface area contributed by atoms with Gasteiger partial charge in [0.15, 0.2) is 0 Å². The molecule has 6 heteroatoms. The lowest BCUT2D eigenvalue weighted by Gasteiger charge is -2.12. The lowest BCUT2D eigenvalue weighted by atomic mass is 10.2. The van der Waals surface area contributed by atoms with E-state index in [0.717, 1.165) is 12.2 Å². The van der Waals surface area contributed by atoms with Crippen LogP contribution in [0.3, 0.4) is 0 Å². The number of hydrogen-bond donors (Lipinski definition) is 1. The molecule has 0 spiro atoms. The molecule has 0 aliphatic rings. The highest BCUT2D eigenvalue weighted by Crippen LogP contribution is 2.10. The van der Waals surface area contributed by atoms with E-state index in [1.165, 1.54) is 0 Å². The Morgan fingerprint density at radius 1 is 1.35 bits per heavy atom. The van der Waals surface area contributed by atoms with E-state index in [9.17, 15) is 5.11 Å². The summed E-state index contributed by atoms with van der Waals surface area (Å²) in [6, 6.07) is 0. The van der Waals surface area contributed by atoms with Crippen LogP contribution in [-0.4, -0.2) is 47.5 Å². The van der Waals surface area contributed by atoms with Gasteiger partial charge in [-0.15, -0.1) is 5.10 Å². The van der Waals surface area contributed by atoms with E-state index >= 15 is 0 Å². The van der Waals surface area contributed by atoms with Crippen molar-refractivity contribution in [3.63, 3.8) is 0 Å². The summed E-state index contributed by atoms with van der Waals surface area (Å²) in [5, 5.41) is 17.2. The van der Waals surface area contributed by atoms with Crippen LogP contribution in [0.15, 0.2) is 0 Å². The van der Waals surface area contributed by atoms with Crippen molar-refractivity contribution in [1.29, 1.82) is 0 Å². The number of hydrogen-bond acceptors (Lipinski definition) is 5. The van der Waals surface area contributed by atoms with Crippen LogP contribution in [0.25, 0.3) is 0 Å². The van der Waals surface area contributed by atoms with Gasteiger partial charge in [0, 0.05) is 27.2 Å². The second-order valence-electron chi connectivity index (χ2n) is 4.13. The fourth-order valence-electron chi connectivity index (χ4n) is 1.74. The van der Waals surface area contributed by atoms with Gasteiger partial charge in [0.25, 0.3) is 0 Å². The molecule has 0 saturated heterocycles. The normalized spacial score (nSPS) is 12.9. The van der Waals surface area contributed by atoms with Gasteiger partial charge < -0.3 is 14.6 Å². The van der Waals surface area contributed by atoms with Crippen molar-refractivity contribution >= 4 is 0 Å². The molecule has 0 aromatic carbocycles. The second-order valence-corrected chi connectivity index (χ2v) is 4.13. The number of aliphatic hydroxyl groups excluding tert-OH is 1. The molecule has 1 N–H and O–H groups in total. The highest BCUT2D eigenvalue weighted by molar-refractivity contribution is 5.09. The van der Waals surface area contributed by atoms with Gasteiger partial charge in [0.2, 0.25) is 0 Å². The van der Waals surface area contributed by atoms with Crippen molar-refractivity contribution in [3.8, 4) is 0 Å². The molecule has 1 atom stereocenters. The van der Waals surface area contributed by atoms with Crippen molar-refractivity contribution in [2.45, 2.75) is 26.5 Å². The number of aliphatic hydroxyl groups is 1. The molecular formula is C11H21N3O3. The van der Waals surface area contributed by atoms with Gasteiger partial charge in [-0.25, -0.2) is 4.68 Å². The minimum Gasteiger partial charge on any atom is -0.390 e. The molecule has 0 radical (unpaired) electrons. The first-order valence-corrected chi connectivity index (χ1v) is 5.72. The van der Waals surface area contributed by atoms with Gasteiger partial charge in [-0.05, 0) is 5.92 Å². The molecule has 1 heterocycles. The fourth-order valence-corrected chi connectivity index (χ4v) is 1.74. The molecule has 1 aromatic heterocycles. The number of rotatable bonds is 8. The quantitative estimate of drug-likeness (QED) is 0.708. The predicted octanol–water partition coefficient (Wildman–Crippen LogP) is 0.242. The van der Waals surface area contributed by atoms with Crippen LogP contribution < -0.4 is 0 Å². The Kier molecular flexibility index (Phi) is 6.10. The lowest BCUT2D eigenvalue weighted by molar-refractivity contribution is 0.147. The van der Waals surface area contributed by atoms with E-state index in [2.05, 4.69) is 17.2 Å². The standard InChI is InChI=1S/C11H21N3O3/c1-9(8-17-3)6-14-11(4-5-16-2)10(7-15)12-13-14/h9,15H,4-8H2,1-3H3. The van der Waals surface area contributed by atoms with E-state index in [1.54, 1.807) is 14.2 Å². The van der Waals surface area contributed by atoms with Crippen LogP contribution in [0.4, 0.5) is 0 Å². The van der Waals surface area contributed by atoms with E-state index < -0.39 is 0 Å². The maximum atomic E-state index is 9.19. The third-order valence-electron chi connectivity index (χ3n) is 2.55. The zero-order chi connectivity index (χ0) is 12.7. The third kappa shape index (κ3) is 4.07. The van der Waals surface area contributed by atoms with Gasteiger partial charge in [-0.3, -0.25) is 0 Å². The van der Waals surface area contributed by atoms with Crippen molar-refractivity contribution in [3.05, 3.63) is 11.4 Å². The molecule has 0 amide bonds. The van der Waals surface area contributed by atoms with Gasteiger partial charge in [-0.1, -0.05) is 12.1 Å². The molecule has 0 saturated carbocycles. The van der Waals surface area contributed by atoms with Crippen molar-refractivity contribution in [1.82, 2.24) is 15.0 Å². The molecule has 1 unspecified atom stereocenters. The molecule has 1 rings (SSSR count). The molecule has 0 bridgehead atoms. The molecule has 1 aromatic rings. The number of nitrogens with zero attached hydrogens (tertiary/aromatic N) is 3. The van der Waals surface area contributed by atoms with Crippen molar-refractivity contribution in [2.75, 3.05) is 27.4 Å². The first-order valence-electron chi connectivity index (χ1n) is 5.72. The molecule has 0 fully saturated rings. The summed E-state index contributed by atoms with van der Waals surface area (Å²) in [4.78, 5) is 0. The average Bonchev–Trinajstić information content (AvgIpc) is 2.69. The van der Waals surface area contributed by atoms with Crippen LogP contribution in [0.5, 0.6) is 0 Å². The maximum Gasteiger partial charge on any atom is 0.111 e. The van der Waals surface area contributed by atoms with E-state index in [1.807, 2.05) is 4.68 Å². The van der Waals surface area contributed by atoms with Crippen molar-refractivity contribution in [2.24, 2.45) is 5.92 Å². The Morgan fingerprint density at radius 2 is 2.12 bits per heavy atom. The predicted molar refractivity (Wildman–Crippen MR) is 62.6 cm³/mol. The van der Waals surface area contributed by atoms with E-state index in [-0.39, 0.29) is 6.61 Å².